The molecule has 0 aliphatic rings. The SMILES string of the molecule is COc1cc(C=NNC(=S)NC(C)C)cc(OC)c1O. The van der Waals surface area contributed by atoms with Gasteiger partial charge in [0.05, 0.1) is 20.4 Å². The highest BCUT2D eigenvalue weighted by Crippen LogP contribution is 2.36. The molecule has 7 heteroatoms. The van der Waals surface area contributed by atoms with E-state index in [4.69, 9.17) is 21.7 Å². The van der Waals surface area contributed by atoms with E-state index in [1.54, 1.807) is 18.3 Å². The van der Waals surface area contributed by atoms with E-state index in [9.17, 15) is 5.11 Å². The highest BCUT2D eigenvalue weighted by Gasteiger charge is 2.10. The topological polar surface area (TPSA) is 75.1 Å². The van der Waals surface area contributed by atoms with Crippen LogP contribution < -0.4 is 20.2 Å². The van der Waals surface area contributed by atoms with Gasteiger partial charge in [-0.05, 0) is 38.2 Å². The van der Waals surface area contributed by atoms with Crippen molar-refractivity contribution in [1.29, 1.82) is 0 Å². The van der Waals surface area contributed by atoms with Crippen molar-refractivity contribution in [2.24, 2.45) is 5.10 Å². The molecule has 3 N–H and O–H groups in total. The zero-order valence-corrected chi connectivity index (χ0v) is 12.7. The Morgan fingerprint density at radius 3 is 2.30 bits per heavy atom. The standard InChI is InChI=1S/C13H19N3O3S/c1-8(2)15-13(20)16-14-7-9-5-10(18-3)12(17)11(6-9)19-4/h5-8,17H,1-4H3,(H2,15,16,20). The minimum atomic E-state index is -0.0443. The molecule has 0 fully saturated rings. The van der Waals surface area contributed by atoms with Crippen molar-refractivity contribution in [3.8, 4) is 17.2 Å². The van der Waals surface area contributed by atoms with Gasteiger partial charge in [0.2, 0.25) is 5.75 Å². The van der Waals surface area contributed by atoms with Crippen LogP contribution in [0.5, 0.6) is 17.2 Å². The molecule has 0 bridgehead atoms. The predicted octanol–water partition coefficient (Wildman–Crippen LogP) is 1.62. The van der Waals surface area contributed by atoms with E-state index in [0.29, 0.717) is 22.2 Å². The Morgan fingerprint density at radius 1 is 1.30 bits per heavy atom. The van der Waals surface area contributed by atoms with Gasteiger partial charge < -0.3 is 19.9 Å². The van der Waals surface area contributed by atoms with Crippen molar-refractivity contribution in [1.82, 2.24) is 10.7 Å². The molecule has 0 unspecified atom stereocenters. The number of rotatable bonds is 5. The Balaban J connectivity index is 2.79. The normalized spacial score (nSPS) is 10.7. The number of nitrogens with zero attached hydrogens (tertiary/aromatic N) is 1. The highest BCUT2D eigenvalue weighted by molar-refractivity contribution is 7.80. The first-order chi connectivity index (χ1) is 9.47. The van der Waals surface area contributed by atoms with Gasteiger partial charge in [-0.25, -0.2) is 0 Å². The summed E-state index contributed by atoms with van der Waals surface area (Å²) in [7, 11) is 2.94. The molecule has 1 aromatic carbocycles. The minimum absolute atomic E-state index is 0.0443. The Hall–Kier alpha value is -2.02. The van der Waals surface area contributed by atoms with Crippen molar-refractivity contribution in [3.05, 3.63) is 17.7 Å². The summed E-state index contributed by atoms with van der Waals surface area (Å²) in [5.41, 5.74) is 3.40. The monoisotopic (exact) mass is 297 g/mol. The summed E-state index contributed by atoms with van der Waals surface area (Å²) < 4.78 is 10.1. The molecule has 0 aliphatic heterocycles. The van der Waals surface area contributed by atoms with Crippen LogP contribution >= 0.6 is 12.2 Å². The van der Waals surface area contributed by atoms with E-state index in [1.807, 2.05) is 13.8 Å². The van der Waals surface area contributed by atoms with E-state index in [2.05, 4.69) is 15.8 Å². The van der Waals surface area contributed by atoms with Gasteiger partial charge in [0.25, 0.3) is 0 Å². The number of phenolic OH excluding ortho intramolecular Hbond substituents is 1. The molecule has 0 radical (unpaired) electrons. The summed E-state index contributed by atoms with van der Waals surface area (Å²) in [5, 5.41) is 17.2. The van der Waals surface area contributed by atoms with Crippen LogP contribution in [0.1, 0.15) is 19.4 Å². The maximum Gasteiger partial charge on any atom is 0.200 e. The summed E-state index contributed by atoms with van der Waals surface area (Å²) in [6, 6.07) is 3.52. The van der Waals surface area contributed by atoms with E-state index < -0.39 is 0 Å². The molecule has 6 nitrogen and oxygen atoms in total. The number of thiocarbonyl (C=S) groups is 1. The molecule has 0 atom stereocenters. The van der Waals surface area contributed by atoms with Crippen molar-refractivity contribution < 1.29 is 14.6 Å². The molecule has 20 heavy (non-hydrogen) atoms. The first-order valence-electron chi connectivity index (χ1n) is 6.02. The molecule has 1 aromatic rings. The predicted molar refractivity (Wildman–Crippen MR) is 82.8 cm³/mol. The van der Waals surface area contributed by atoms with Crippen molar-refractivity contribution >= 4 is 23.5 Å². The highest BCUT2D eigenvalue weighted by atomic mass is 32.1. The average molecular weight is 297 g/mol. The van der Waals surface area contributed by atoms with Gasteiger partial charge in [-0.3, -0.25) is 5.43 Å². The van der Waals surface area contributed by atoms with Gasteiger partial charge in [-0.1, -0.05) is 0 Å². The van der Waals surface area contributed by atoms with E-state index in [0.717, 1.165) is 0 Å². The van der Waals surface area contributed by atoms with Crippen molar-refractivity contribution in [2.45, 2.75) is 19.9 Å². The van der Waals surface area contributed by atoms with E-state index in [1.165, 1.54) is 14.2 Å². The second-order valence-corrected chi connectivity index (χ2v) is 4.68. The Bertz CT molecular complexity index is 479. The molecule has 0 saturated heterocycles. The summed E-state index contributed by atoms with van der Waals surface area (Å²) >= 11 is 5.04. The maximum absolute atomic E-state index is 9.79. The number of methoxy groups -OCH3 is 2. The third-order valence-corrected chi connectivity index (χ3v) is 2.51. The summed E-state index contributed by atoms with van der Waals surface area (Å²) in [6.07, 6.45) is 1.55. The second kappa shape index (κ2) is 7.54. The average Bonchev–Trinajstić information content (AvgIpc) is 2.39. The van der Waals surface area contributed by atoms with Crippen LogP contribution in [-0.2, 0) is 0 Å². The van der Waals surface area contributed by atoms with Crippen LogP contribution in [0.15, 0.2) is 17.2 Å². The number of hydrogen-bond acceptors (Lipinski definition) is 5. The van der Waals surface area contributed by atoms with Gasteiger partial charge in [0, 0.05) is 11.6 Å². The van der Waals surface area contributed by atoms with Crippen molar-refractivity contribution in [2.75, 3.05) is 14.2 Å². The number of ether oxygens (including phenoxy) is 2. The van der Waals surface area contributed by atoms with Gasteiger partial charge >= 0.3 is 0 Å². The van der Waals surface area contributed by atoms with Gasteiger partial charge in [-0.15, -0.1) is 0 Å². The summed E-state index contributed by atoms with van der Waals surface area (Å²) in [6.45, 7) is 3.96. The Labute approximate surface area is 123 Å². The smallest absolute Gasteiger partial charge is 0.200 e. The molecule has 0 saturated carbocycles. The fraction of sp³-hybridized carbons (Fsp3) is 0.385. The van der Waals surface area contributed by atoms with Crippen LogP contribution in [0.2, 0.25) is 0 Å². The van der Waals surface area contributed by atoms with Crippen LogP contribution in [0, 0.1) is 0 Å². The number of benzene rings is 1. The van der Waals surface area contributed by atoms with E-state index >= 15 is 0 Å². The fourth-order valence-electron chi connectivity index (χ4n) is 1.45. The lowest BCUT2D eigenvalue weighted by atomic mass is 10.2. The zero-order chi connectivity index (χ0) is 15.1. The first-order valence-corrected chi connectivity index (χ1v) is 6.43. The molecule has 0 amide bonds. The molecular weight excluding hydrogens is 278 g/mol. The van der Waals surface area contributed by atoms with Gasteiger partial charge in [-0.2, -0.15) is 5.10 Å². The van der Waals surface area contributed by atoms with E-state index in [-0.39, 0.29) is 11.8 Å². The molecule has 0 heterocycles. The second-order valence-electron chi connectivity index (χ2n) is 4.27. The minimum Gasteiger partial charge on any atom is -0.502 e. The van der Waals surface area contributed by atoms with Gasteiger partial charge in [0.1, 0.15) is 0 Å². The van der Waals surface area contributed by atoms with Crippen LogP contribution in [0.4, 0.5) is 0 Å². The maximum atomic E-state index is 9.79. The quantitative estimate of drug-likeness (QED) is 0.435. The molecule has 0 aromatic heterocycles. The Kier molecular flexibility index (Phi) is 6.05. The number of nitrogens with one attached hydrogen (secondary N) is 2. The van der Waals surface area contributed by atoms with Crippen LogP contribution in [-0.4, -0.2) is 36.7 Å². The van der Waals surface area contributed by atoms with Crippen molar-refractivity contribution in [3.63, 3.8) is 0 Å². The fourth-order valence-corrected chi connectivity index (χ4v) is 1.74. The lowest BCUT2D eigenvalue weighted by molar-refractivity contribution is 0.340. The third kappa shape index (κ3) is 4.58. The lowest BCUT2D eigenvalue weighted by Crippen LogP contribution is -2.36. The number of hydrogen-bond donors (Lipinski definition) is 3. The number of hydrazone groups is 1. The summed E-state index contributed by atoms with van der Waals surface area (Å²) in [4.78, 5) is 0. The Morgan fingerprint density at radius 2 is 1.85 bits per heavy atom. The third-order valence-electron chi connectivity index (χ3n) is 2.30. The first kappa shape index (κ1) is 16.0. The summed E-state index contributed by atoms with van der Waals surface area (Å²) in [5.74, 6) is 0.583. The van der Waals surface area contributed by atoms with Crippen LogP contribution in [0.25, 0.3) is 0 Å². The molecule has 1 rings (SSSR count). The van der Waals surface area contributed by atoms with Gasteiger partial charge in [0.15, 0.2) is 16.6 Å². The molecular formula is C13H19N3O3S. The number of aromatic hydroxyl groups is 1. The molecule has 0 aliphatic carbocycles. The lowest BCUT2D eigenvalue weighted by Gasteiger charge is -2.10. The molecule has 110 valence electrons. The zero-order valence-electron chi connectivity index (χ0n) is 11.9. The largest absolute Gasteiger partial charge is 0.502 e. The van der Waals surface area contributed by atoms with Crippen LogP contribution in [0.3, 0.4) is 0 Å². The number of phenols is 1. The molecule has 0 spiro atoms.